The summed E-state index contributed by atoms with van der Waals surface area (Å²) in [6, 6.07) is 2.47. The number of esters is 1. The summed E-state index contributed by atoms with van der Waals surface area (Å²) in [5.41, 5.74) is 0. The van der Waals surface area contributed by atoms with Crippen molar-refractivity contribution in [2.45, 2.75) is 30.0 Å². The van der Waals surface area contributed by atoms with Gasteiger partial charge in [0.1, 0.15) is 9.09 Å². The second-order valence-electron chi connectivity index (χ2n) is 5.15. The molecule has 1 N–H and O–H groups in total. The number of carboxylic acids is 1. The van der Waals surface area contributed by atoms with Crippen LogP contribution in [-0.2, 0) is 19.6 Å². The number of thiophene rings is 1. The molecule has 0 radical (unpaired) electrons. The van der Waals surface area contributed by atoms with E-state index in [-0.39, 0.29) is 21.7 Å². The predicted octanol–water partition coefficient (Wildman–Crippen LogP) is 1.41. The molecule has 1 aromatic rings. The van der Waals surface area contributed by atoms with E-state index in [0.717, 1.165) is 11.3 Å². The average molecular weight is 347 g/mol. The van der Waals surface area contributed by atoms with Crippen LogP contribution in [0, 0.1) is 5.92 Å². The highest BCUT2D eigenvalue weighted by Crippen LogP contribution is 2.31. The monoisotopic (exact) mass is 347 g/mol. The molecule has 9 heteroatoms. The van der Waals surface area contributed by atoms with Gasteiger partial charge in [-0.05, 0) is 31.9 Å². The Balaban J connectivity index is 2.30. The van der Waals surface area contributed by atoms with Crippen molar-refractivity contribution in [3.8, 4) is 0 Å². The van der Waals surface area contributed by atoms with Crippen LogP contribution in [0.25, 0.3) is 0 Å². The minimum atomic E-state index is -3.82. The summed E-state index contributed by atoms with van der Waals surface area (Å²) in [7, 11) is -2.60. The zero-order chi connectivity index (χ0) is 16.5. The van der Waals surface area contributed by atoms with Gasteiger partial charge in [0.05, 0.1) is 13.0 Å². The number of rotatable bonds is 4. The summed E-state index contributed by atoms with van der Waals surface area (Å²) in [6.07, 6.45) is 0.950. The molecule has 2 unspecified atom stereocenters. The number of aliphatic carboxylic acids is 1. The molecular weight excluding hydrogens is 330 g/mol. The summed E-state index contributed by atoms with van der Waals surface area (Å²) in [4.78, 5) is 22.8. The number of hydrogen-bond donors (Lipinski definition) is 1. The lowest BCUT2D eigenvalue weighted by Gasteiger charge is -2.34. The number of piperidine rings is 1. The first-order valence-electron chi connectivity index (χ1n) is 6.70. The van der Waals surface area contributed by atoms with Gasteiger partial charge in [-0.3, -0.25) is 4.79 Å². The van der Waals surface area contributed by atoms with Gasteiger partial charge in [-0.2, -0.15) is 4.31 Å². The van der Waals surface area contributed by atoms with Gasteiger partial charge >= 0.3 is 11.9 Å². The third-order valence-electron chi connectivity index (χ3n) is 3.70. The van der Waals surface area contributed by atoms with E-state index in [1.54, 1.807) is 6.92 Å². The first kappa shape index (κ1) is 16.9. The number of carboxylic acid groups (broad SMARTS) is 1. The summed E-state index contributed by atoms with van der Waals surface area (Å²) < 4.78 is 31.2. The molecule has 0 spiro atoms. The summed E-state index contributed by atoms with van der Waals surface area (Å²) in [5, 5.41) is 9.11. The summed E-state index contributed by atoms with van der Waals surface area (Å²) >= 11 is 0.826. The minimum absolute atomic E-state index is 0.0192. The van der Waals surface area contributed by atoms with E-state index in [9.17, 15) is 18.0 Å². The van der Waals surface area contributed by atoms with Gasteiger partial charge in [0.25, 0.3) is 10.0 Å². The Morgan fingerprint density at radius 3 is 2.64 bits per heavy atom. The molecule has 7 nitrogen and oxygen atoms in total. The second kappa shape index (κ2) is 6.35. The van der Waals surface area contributed by atoms with Gasteiger partial charge in [0.15, 0.2) is 0 Å². The van der Waals surface area contributed by atoms with Crippen LogP contribution < -0.4 is 0 Å². The molecular formula is C13H17NO6S2. The minimum Gasteiger partial charge on any atom is -0.481 e. The molecule has 2 heterocycles. The van der Waals surface area contributed by atoms with Crippen molar-refractivity contribution in [1.82, 2.24) is 4.31 Å². The van der Waals surface area contributed by atoms with Crippen LogP contribution in [0.4, 0.5) is 0 Å². The van der Waals surface area contributed by atoms with Gasteiger partial charge < -0.3 is 9.84 Å². The Kier molecular flexibility index (Phi) is 4.88. The van der Waals surface area contributed by atoms with Crippen molar-refractivity contribution >= 4 is 33.3 Å². The summed E-state index contributed by atoms with van der Waals surface area (Å²) in [6.45, 7) is 1.70. The van der Waals surface area contributed by atoms with Crippen LogP contribution >= 0.6 is 11.3 Å². The smallest absolute Gasteiger partial charge is 0.348 e. The van der Waals surface area contributed by atoms with Crippen LogP contribution in [0.1, 0.15) is 29.4 Å². The standard InChI is InChI=1S/C13H17NO6S2/c1-8-3-4-9(12(15)16)7-14(8)22(18,19)11-6-5-10(21-11)13(17)20-2/h5-6,8-9H,3-4,7H2,1-2H3,(H,15,16). The van der Waals surface area contributed by atoms with Crippen molar-refractivity contribution in [3.63, 3.8) is 0 Å². The number of methoxy groups -OCH3 is 1. The normalized spacial score (nSPS) is 23.2. The molecule has 122 valence electrons. The molecule has 1 aliphatic rings. The van der Waals surface area contributed by atoms with Gasteiger partial charge in [-0.25, -0.2) is 13.2 Å². The Labute approximate surface area is 132 Å². The SMILES string of the molecule is COC(=O)c1ccc(S(=O)(=O)N2CC(C(=O)O)CCC2C)s1. The number of nitrogens with zero attached hydrogens (tertiary/aromatic N) is 1. The van der Waals surface area contributed by atoms with Crippen molar-refractivity contribution < 1.29 is 27.9 Å². The van der Waals surface area contributed by atoms with Gasteiger partial charge in [0.2, 0.25) is 0 Å². The largest absolute Gasteiger partial charge is 0.481 e. The molecule has 0 bridgehead atoms. The Hall–Kier alpha value is -1.45. The molecule has 2 atom stereocenters. The maximum Gasteiger partial charge on any atom is 0.348 e. The van der Waals surface area contributed by atoms with E-state index in [2.05, 4.69) is 4.74 Å². The van der Waals surface area contributed by atoms with Crippen molar-refractivity contribution in [2.24, 2.45) is 5.92 Å². The van der Waals surface area contributed by atoms with Crippen LogP contribution in [0.3, 0.4) is 0 Å². The van der Waals surface area contributed by atoms with Crippen LogP contribution in [0.15, 0.2) is 16.3 Å². The van der Waals surface area contributed by atoms with Crippen molar-refractivity contribution in [3.05, 3.63) is 17.0 Å². The molecule has 2 rings (SSSR count). The molecule has 1 aromatic heterocycles. The Morgan fingerprint density at radius 2 is 2.05 bits per heavy atom. The fourth-order valence-corrected chi connectivity index (χ4v) is 5.46. The lowest BCUT2D eigenvalue weighted by atomic mass is 9.96. The fourth-order valence-electron chi connectivity index (χ4n) is 2.40. The van der Waals surface area contributed by atoms with E-state index in [0.29, 0.717) is 12.8 Å². The number of carbonyl (C=O) groups is 2. The molecule has 0 aliphatic carbocycles. The van der Waals surface area contributed by atoms with E-state index < -0.39 is 27.9 Å². The lowest BCUT2D eigenvalue weighted by Crippen LogP contribution is -2.47. The zero-order valence-electron chi connectivity index (χ0n) is 12.2. The van der Waals surface area contributed by atoms with E-state index in [1.165, 1.54) is 23.5 Å². The van der Waals surface area contributed by atoms with Crippen molar-refractivity contribution in [1.29, 1.82) is 0 Å². The van der Waals surface area contributed by atoms with Gasteiger partial charge in [-0.15, -0.1) is 11.3 Å². The van der Waals surface area contributed by atoms with Gasteiger partial charge in [-0.1, -0.05) is 0 Å². The summed E-state index contributed by atoms with van der Waals surface area (Å²) in [5.74, 6) is -2.29. The highest BCUT2D eigenvalue weighted by molar-refractivity contribution is 7.91. The third kappa shape index (κ3) is 3.16. The number of hydrogen-bond acceptors (Lipinski definition) is 6. The maximum absolute atomic E-state index is 12.7. The fraction of sp³-hybridized carbons (Fsp3) is 0.538. The highest BCUT2D eigenvalue weighted by atomic mass is 32.2. The maximum atomic E-state index is 12.7. The first-order valence-corrected chi connectivity index (χ1v) is 8.95. The molecule has 1 fully saturated rings. The number of carbonyl (C=O) groups excluding carboxylic acids is 1. The number of ether oxygens (including phenoxy) is 1. The third-order valence-corrected chi connectivity index (χ3v) is 7.22. The molecule has 0 aromatic carbocycles. The van der Waals surface area contributed by atoms with Crippen LogP contribution in [-0.4, -0.2) is 49.5 Å². The van der Waals surface area contributed by atoms with Crippen LogP contribution in [0.2, 0.25) is 0 Å². The van der Waals surface area contributed by atoms with E-state index >= 15 is 0 Å². The highest BCUT2D eigenvalue weighted by Gasteiger charge is 2.38. The average Bonchev–Trinajstić information content (AvgIpc) is 2.97. The molecule has 0 saturated carbocycles. The zero-order valence-corrected chi connectivity index (χ0v) is 13.8. The topological polar surface area (TPSA) is 101 Å². The molecule has 1 saturated heterocycles. The Bertz CT molecular complexity index is 680. The first-order chi connectivity index (χ1) is 10.3. The van der Waals surface area contributed by atoms with Gasteiger partial charge in [0, 0.05) is 12.6 Å². The second-order valence-corrected chi connectivity index (χ2v) is 8.35. The Morgan fingerprint density at radius 1 is 1.36 bits per heavy atom. The quantitative estimate of drug-likeness (QED) is 0.827. The number of sulfonamides is 1. The van der Waals surface area contributed by atoms with E-state index in [4.69, 9.17) is 5.11 Å². The van der Waals surface area contributed by atoms with Crippen molar-refractivity contribution in [2.75, 3.05) is 13.7 Å². The van der Waals surface area contributed by atoms with Crippen LogP contribution in [0.5, 0.6) is 0 Å². The molecule has 22 heavy (non-hydrogen) atoms. The van der Waals surface area contributed by atoms with E-state index in [1.807, 2.05) is 0 Å². The molecule has 0 amide bonds. The lowest BCUT2D eigenvalue weighted by molar-refractivity contribution is -0.143. The molecule has 1 aliphatic heterocycles. The predicted molar refractivity (Wildman–Crippen MR) is 79.4 cm³/mol.